The zero-order chi connectivity index (χ0) is 9.03. The first-order chi connectivity index (χ1) is 5.72. The summed E-state index contributed by atoms with van der Waals surface area (Å²) in [6.45, 7) is 2.63. The molecule has 4 nitrogen and oxygen atoms in total. The highest BCUT2D eigenvalue weighted by Gasteiger charge is 2.36. The number of carbonyl (C=O) groups excluding carboxylic acids is 1. The van der Waals surface area contributed by atoms with Gasteiger partial charge in [-0.3, -0.25) is 4.79 Å². The molecule has 12 heavy (non-hydrogen) atoms. The van der Waals surface area contributed by atoms with E-state index in [9.17, 15) is 4.79 Å². The van der Waals surface area contributed by atoms with Gasteiger partial charge >= 0.3 is 0 Å². The van der Waals surface area contributed by atoms with Crippen LogP contribution in [0.1, 0.15) is 19.8 Å². The molecule has 4 heteroatoms. The fraction of sp³-hybridized carbons (Fsp3) is 0.750. The van der Waals surface area contributed by atoms with Crippen LogP contribution in [-0.4, -0.2) is 24.7 Å². The van der Waals surface area contributed by atoms with Gasteiger partial charge in [-0.25, -0.2) is 0 Å². The Morgan fingerprint density at radius 2 is 2.58 bits per heavy atom. The van der Waals surface area contributed by atoms with Crippen molar-refractivity contribution in [2.75, 3.05) is 13.2 Å². The molecule has 1 amide bonds. The highest BCUT2D eigenvalue weighted by Crippen LogP contribution is 2.17. The number of amides is 1. The van der Waals surface area contributed by atoms with Gasteiger partial charge in [-0.1, -0.05) is 6.92 Å². The van der Waals surface area contributed by atoms with Gasteiger partial charge in [0.1, 0.15) is 0 Å². The quantitative estimate of drug-likeness (QED) is 0.640. The number of rotatable bonds is 2. The summed E-state index contributed by atoms with van der Waals surface area (Å²) < 4.78 is 5.06. The van der Waals surface area contributed by atoms with E-state index in [1.165, 1.54) is 0 Å². The second-order valence-corrected chi connectivity index (χ2v) is 2.90. The van der Waals surface area contributed by atoms with Gasteiger partial charge in [0, 0.05) is 12.8 Å². The third-order valence-electron chi connectivity index (χ3n) is 1.94. The van der Waals surface area contributed by atoms with E-state index in [0.29, 0.717) is 26.1 Å². The predicted octanol–water partition coefficient (Wildman–Crippen LogP) is 0.195. The molecule has 1 atom stereocenters. The van der Waals surface area contributed by atoms with E-state index >= 15 is 0 Å². The van der Waals surface area contributed by atoms with Crippen LogP contribution in [0, 0.1) is 11.3 Å². The maximum absolute atomic E-state index is 11.0. The Morgan fingerprint density at radius 3 is 3.00 bits per heavy atom. The van der Waals surface area contributed by atoms with E-state index in [4.69, 9.17) is 10.00 Å². The first-order valence-electron chi connectivity index (χ1n) is 4.02. The first-order valence-corrected chi connectivity index (χ1v) is 4.02. The largest absolute Gasteiger partial charge is 0.378 e. The fourth-order valence-electron chi connectivity index (χ4n) is 1.13. The molecule has 0 spiro atoms. The van der Waals surface area contributed by atoms with E-state index < -0.39 is 5.54 Å². The lowest BCUT2D eigenvalue weighted by Gasteiger charge is -2.19. The lowest BCUT2D eigenvalue weighted by molar-refractivity contribution is -0.122. The Hall–Kier alpha value is -1.08. The Morgan fingerprint density at radius 1 is 1.83 bits per heavy atom. The number of hydrogen-bond donors (Lipinski definition) is 1. The van der Waals surface area contributed by atoms with Crippen LogP contribution in [0.15, 0.2) is 0 Å². The molecule has 1 aliphatic heterocycles. The number of carbonyl (C=O) groups is 1. The van der Waals surface area contributed by atoms with Crippen LogP contribution in [0.4, 0.5) is 0 Å². The van der Waals surface area contributed by atoms with Crippen molar-refractivity contribution in [1.29, 1.82) is 5.26 Å². The molecule has 1 unspecified atom stereocenters. The Balaban J connectivity index is 2.57. The second kappa shape index (κ2) is 3.55. The molecule has 1 aliphatic rings. The third-order valence-corrected chi connectivity index (χ3v) is 1.94. The van der Waals surface area contributed by atoms with Crippen molar-refractivity contribution in [3.63, 3.8) is 0 Å². The van der Waals surface area contributed by atoms with Crippen molar-refractivity contribution in [3.8, 4) is 6.07 Å². The zero-order valence-electron chi connectivity index (χ0n) is 7.09. The van der Waals surface area contributed by atoms with Crippen LogP contribution >= 0.6 is 0 Å². The highest BCUT2D eigenvalue weighted by molar-refractivity contribution is 5.77. The van der Waals surface area contributed by atoms with E-state index in [2.05, 4.69) is 11.4 Å². The maximum Gasteiger partial charge on any atom is 0.221 e. The molecule has 1 heterocycles. The normalized spacial score (nSPS) is 28.0. The summed E-state index contributed by atoms with van der Waals surface area (Å²) >= 11 is 0. The summed E-state index contributed by atoms with van der Waals surface area (Å²) in [5.74, 6) is -0.0953. The average molecular weight is 168 g/mol. The van der Waals surface area contributed by atoms with Gasteiger partial charge in [0.15, 0.2) is 5.54 Å². The Bertz CT molecular complexity index is 214. The Kier molecular flexibility index (Phi) is 2.66. The van der Waals surface area contributed by atoms with Gasteiger partial charge in [-0.15, -0.1) is 0 Å². The summed E-state index contributed by atoms with van der Waals surface area (Å²) in [5.41, 5.74) is -0.757. The standard InChI is InChI=1S/C8H12N2O2/c1-2-7(11)10-8(5-9)3-4-12-6-8/h2-4,6H2,1H3,(H,10,11). The molecule has 1 fully saturated rings. The van der Waals surface area contributed by atoms with Crippen LogP contribution in [0.3, 0.4) is 0 Å². The summed E-state index contributed by atoms with van der Waals surface area (Å²) in [6.07, 6.45) is 0.999. The first kappa shape index (κ1) is 9.01. The predicted molar refractivity (Wildman–Crippen MR) is 42.2 cm³/mol. The Labute approximate surface area is 71.5 Å². The molecule has 66 valence electrons. The molecule has 1 saturated heterocycles. The van der Waals surface area contributed by atoms with Gasteiger partial charge < -0.3 is 10.1 Å². The molecule has 0 aromatic rings. The van der Waals surface area contributed by atoms with Crippen LogP contribution in [-0.2, 0) is 9.53 Å². The summed E-state index contributed by atoms with van der Waals surface area (Å²) in [5, 5.41) is 11.5. The average Bonchev–Trinajstić information content (AvgIpc) is 2.54. The number of ether oxygens (including phenoxy) is 1. The molecule has 0 radical (unpaired) electrons. The molecule has 0 aromatic heterocycles. The SMILES string of the molecule is CCC(=O)NC1(C#N)CCOC1. The van der Waals surface area contributed by atoms with Gasteiger partial charge in [-0.2, -0.15) is 5.26 Å². The van der Waals surface area contributed by atoms with E-state index in [0.717, 1.165) is 0 Å². The molecule has 1 rings (SSSR count). The summed E-state index contributed by atoms with van der Waals surface area (Å²) in [6, 6.07) is 2.09. The van der Waals surface area contributed by atoms with Crippen molar-refractivity contribution >= 4 is 5.91 Å². The molecule has 0 saturated carbocycles. The molecular formula is C8H12N2O2. The van der Waals surface area contributed by atoms with E-state index in [1.807, 2.05) is 0 Å². The van der Waals surface area contributed by atoms with Gasteiger partial charge in [-0.05, 0) is 0 Å². The number of nitriles is 1. The van der Waals surface area contributed by atoms with Crippen molar-refractivity contribution in [2.45, 2.75) is 25.3 Å². The highest BCUT2D eigenvalue weighted by atomic mass is 16.5. The van der Waals surface area contributed by atoms with Gasteiger partial charge in [0.05, 0.1) is 19.3 Å². The summed E-state index contributed by atoms with van der Waals surface area (Å²) in [4.78, 5) is 11.0. The van der Waals surface area contributed by atoms with Crippen LogP contribution in [0.5, 0.6) is 0 Å². The van der Waals surface area contributed by atoms with Crippen LogP contribution in [0.25, 0.3) is 0 Å². The molecule has 0 aliphatic carbocycles. The molecule has 1 N–H and O–H groups in total. The zero-order valence-corrected chi connectivity index (χ0v) is 7.09. The van der Waals surface area contributed by atoms with Gasteiger partial charge in [0.25, 0.3) is 0 Å². The van der Waals surface area contributed by atoms with E-state index in [-0.39, 0.29) is 5.91 Å². The van der Waals surface area contributed by atoms with Crippen molar-refractivity contribution in [3.05, 3.63) is 0 Å². The van der Waals surface area contributed by atoms with Crippen LogP contribution in [0.2, 0.25) is 0 Å². The smallest absolute Gasteiger partial charge is 0.221 e. The van der Waals surface area contributed by atoms with Gasteiger partial charge in [0.2, 0.25) is 5.91 Å². The minimum atomic E-state index is -0.757. The molecule has 0 bridgehead atoms. The minimum Gasteiger partial charge on any atom is -0.378 e. The lowest BCUT2D eigenvalue weighted by atomic mass is 10.0. The number of nitrogens with zero attached hydrogens (tertiary/aromatic N) is 1. The lowest BCUT2D eigenvalue weighted by Crippen LogP contribution is -2.47. The minimum absolute atomic E-state index is 0.0953. The van der Waals surface area contributed by atoms with Crippen molar-refractivity contribution < 1.29 is 9.53 Å². The van der Waals surface area contributed by atoms with E-state index in [1.54, 1.807) is 6.92 Å². The topological polar surface area (TPSA) is 62.1 Å². The maximum atomic E-state index is 11.0. The third kappa shape index (κ3) is 1.74. The second-order valence-electron chi connectivity index (χ2n) is 2.90. The van der Waals surface area contributed by atoms with Crippen LogP contribution < -0.4 is 5.32 Å². The van der Waals surface area contributed by atoms with Crippen molar-refractivity contribution in [2.24, 2.45) is 0 Å². The fourth-order valence-corrected chi connectivity index (χ4v) is 1.13. The number of hydrogen-bond acceptors (Lipinski definition) is 3. The molecule has 0 aromatic carbocycles. The molecular weight excluding hydrogens is 156 g/mol. The summed E-state index contributed by atoms with van der Waals surface area (Å²) in [7, 11) is 0. The monoisotopic (exact) mass is 168 g/mol. The number of nitrogens with one attached hydrogen (secondary N) is 1. The van der Waals surface area contributed by atoms with Crippen molar-refractivity contribution in [1.82, 2.24) is 5.32 Å².